The molecule has 13 heteroatoms. The normalized spacial score (nSPS) is 16.9. The number of nitrogens with zero attached hydrogens (tertiary/aromatic N) is 7. The van der Waals surface area contributed by atoms with Gasteiger partial charge in [-0.15, -0.1) is 0 Å². The van der Waals surface area contributed by atoms with E-state index in [1.165, 1.54) is 6.42 Å². The second-order valence-electron chi connectivity index (χ2n) is 11.9. The SMILES string of the molecule is Cc1cnc(Nc2cc(C)n(C)n2)nc1-c1c[nH]c2c(NC(=O)CN3CCC(Oc4ccnc(NC5CCC5)n4)C3)cccc12. The lowest BCUT2D eigenvalue weighted by atomic mass is 9.93. The Bertz CT molecular complexity index is 1820. The monoisotopic (exact) mass is 607 g/mol. The smallest absolute Gasteiger partial charge is 0.238 e. The third-order valence-corrected chi connectivity index (χ3v) is 8.52. The van der Waals surface area contributed by atoms with Crippen LogP contribution in [-0.2, 0) is 11.8 Å². The molecule has 45 heavy (non-hydrogen) atoms. The number of aromatic amines is 1. The van der Waals surface area contributed by atoms with Gasteiger partial charge in [-0.3, -0.25) is 14.4 Å². The number of para-hydroxylation sites is 1. The minimum absolute atomic E-state index is 0.0316. The highest BCUT2D eigenvalue weighted by Gasteiger charge is 2.27. The number of likely N-dealkylation sites (tertiary alicyclic amines) is 1. The van der Waals surface area contributed by atoms with Gasteiger partial charge < -0.3 is 25.7 Å². The molecule has 2 aliphatic rings. The Morgan fingerprint density at radius 2 is 2.00 bits per heavy atom. The van der Waals surface area contributed by atoms with Gasteiger partial charge in [0.05, 0.1) is 23.4 Å². The van der Waals surface area contributed by atoms with E-state index in [4.69, 9.17) is 9.72 Å². The van der Waals surface area contributed by atoms with Crippen molar-refractivity contribution in [2.24, 2.45) is 7.05 Å². The number of nitrogens with one attached hydrogen (secondary N) is 4. The Morgan fingerprint density at radius 1 is 1.11 bits per heavy atom. The van der Waals surface area contributed by atoms with Crippen molar-refractivity contribution in [1.82, 2.24) is 39.6 Å². The summed E-state index contributed by atoms with van der Waals surface area (Å²) in [5, 5.41) is 15.1. The van der Waals surface area contributed by atoms with Gasteiger partial charge in [-0.05, 0) is 51.2 Å². The molecule has 1 saturated carbocycles. The van der Waals surface area contributed by atoms with Gasteiger partial charge in [0.2, 0.25) is 23.7 Å². The Balaban J connectivity index is 0.991. The van der Waals surface area contributed by atoms with Crippen LogP contribution in [0, 0.1) is 13.8 Å². The molecule has 0 bridgehead atoms. The van der Waals surface area contributed by atoms with Gasteiger partial charge >= 0.3 is 0 Å². The molecule has 5 heterocycles. The molecular weight excluding hydrogens is 570 g/mol. The van der Waals surface area contributed by atoms with Gasteiger partial charge in [0.1, 0.15) is 6.10 Å². The zero-order valence-electron chi connectivity index (χ0n) is 25.7. The van der Waals surface area contributed by atoms with Crippen molar-refractivity contribution in [2.75, 3.05) is 35.6 Å². The van der Waals surface area contributed by atoms with E-state index in [1.807, 2.05) is 51.4 Å². The number of H-pyrrole nitrogens is 1. The minimum atomic E-state index is -0.0799. The van der Waals surface area contributed by atoms with E-state index in [2.05, 4.69) is 45.9 Å². The minimum Gasteiger partial charge on any atom is -0.473 e. The van der Waals surface area contributed by atoms with Crippen molar-refractivity contribution in [2.45, 2.75) is 51.7 Å². The highest BCUT2D eigenvalue weighted by molar-refractivity contribution is 6.06. The largest absolute Gasteiger partial charge is 0.473 e. The number of benzene rings is 1. The highest BCUT2D eigenvalue weighted by atomic mass is 16.5. The Kier molecular flexibility index (Phi) is 7.76. The van der Waals surface area contributed by atoms with E-state index in [1.54, 1.807) is 23.1 Å². The zero-order valence-corrected chi connectivity index (χ0v) is 25.7. The number of carbonyl (C=O) groups excluding carboxylic acids is 1. The Morgan fingerprint density at radius 3 is 2.80 bits per heavy atom. The molecule has 232 valence electrons. The maximum absolute atomic E-state index is 13.2. The predicted molar refractivity (Wildman–Crippen MR) is 173 cm³/mol. The molecule has 1 aliphatic heterocycles. The summed E-state index contributed by atoms with van der Waals surface area (Å²) in [6.07, 6.45) is 9.79. The first kappa shape index (κ1) is 28.7. The summed E-state index contributed by atoms with van der Waals surface area (Å²) in [7, 11) is 1.89. The number of hydrogen-bond acceptors (Lipinski definition) is 10. The summed E-state index contributed by atoms with van der Waals surface area (Å²) in [4.78, 5) is 36.7. The molecule has 1 saturated heterocycles. The Hall–Kier alpha value is -5.04. The van der Waals surface area contributed by atoms with Crippen molar-refractivity contribution in [1.29, 1.82) is 0 Å². The lowest BCUT2D eigenvalue weighted by Gasteiger charge is -2.26. The Labute approximate surface area is 260 Å². The number of aromatic nitrogens is 7. The van der Waals surface area contributed by atoms with E-state index >= 15 is 0 Å². The predicted octanol–water partition coefficient (Wildman–Crippen LogP) is 4.57. The number of fused-ring (bicyclic) bond motifs is 1. The second kappa shape index (κ2) is 12.2. The van der Waals surface area contributed by atoms with E-state index in [0.717, 1.165) is 64.9 Å². The fraction of sp³-hybridized carbons (Fsp3) is 0.375. The number of aryl methyl sites for hydroxylation is 3. The van der Waals surface area contributed by atoms with Crippen LogP contribution in [0.3, 0.4) is 0 Å². The molecule has 5 aromatic rings. The molecule has 1 aliphatic carbocycles. The molecule has 1 unspecified atom stereocenters. The first-order valence-corrected chi connectivity index (χ1v) is 15.4. The summed E-state index contributed by atoms with van der Waals surface area (Å²) in [6.45, 7) is 5.67. The topological polar surface area (TPSA) is 151 Å². The van der Waals surface area contributed by atoms with Crippen LogP contribution in [0.2, 0.25) is 0 Å². The average molecular weight is 608 g/mol. The lowest BCUT2D eigenvalue weighted by molar-refractivity contribution is -0.117. The summed E-state index contributed by atoms with van der Waals surface area (Å²) in [5.74, 6) is 2.24. The molecule has 4 N–H and O–H groups in total. The van der Waals surface area contributed by atoms with Crippen LogP contribution < -0.4 is 20.7 Å². The number of amides is 1. The molecule has 0 spiro atoms. The van der Waals surface area contributed by atoms with Gasteiger partial charge in [-0.1, -0.05) is 12.1 Å². The van der Waals surface area contributed by atoms with Crippen LogP contribution in [0.25, 0.3) is 22.2 Å². The molecule has 7 rings (SSSR count). The first-order chi connectivity index (χ1) is 21.9. The van der Waals surface area contributed by atoms with Crippen molar-refractivity contribution < 1.29 is 9.53 Å². The van der Waals surface area contributed by atoms with Crippen molar-refractivity contribution in [3.8, 4) is 17.1 Å². The molecule has 1 amide bonds. The molecule has 2 fully saturated rings. The third-order valence-electron chi connectivity index (χ3n) is 8.52. The number of rotatable bonds is 10. The zero-order chi connectivity index (χ0) is 30.9. The van der Waals surface area contributed by atoms with Crippen LogP contribution in [-0.4, -0.2) is 77.3 Å². The molecule has 1 atom stereocenters. The molecular formula is C32H37N11O2. The number of carbonyl (C=O) groups is 1. The van der Waals surface area contributed by atoms with Gasteiger partial charge in [-0.2, -0.15) is 10.1 Å². The molecule has 13 nitrogen and oxygen atoms in total. The quantitative estimate of drug-likeness (QED) is 0.178. The van der Waals surface area contributed by atoms with Crippen molar-refractivity contribution in [3.05, 3.63) is 60.2 Å². The highest BCUT2D eigenvalue weighted by Crippen LogP contribution is 2.33. The maximum atomic E-state index is 13.2. The van der Waals surface area contributed by atoms with Crippen molar-refractivity contribution >= 4 is 40.2 Å². The van der Waals surface area contributed by atoms with Crippen LogP contribution in [0.15, 0.2) is 48.9 Å². The fourth-order valence-electron chi connectivity index (χ4n) is 5.78. The lowest BCUT2D eigenvalue weighted by Crippen LogP contribution is -2.33. The summed E-state index contributed by atoms with van der Waals surface area (Å²) >= 11 is 0. The van der Waals surface area contributed by atoms with Crippen LogP contribution >= 0.6 is 0 Å². The number of anilines is 4. The summed E-state index contributed by atoms with van der Waals surface area (Å²) < 4.78 is 7.95. The maximum Gasteiger partial charge on any atom is 0.238 e. The standard InChI is InChI=1S/C32H37N11O2/c1-19-15-35-32(38-26-14-20(2)42(3)41-26)40-29(19)24-16-34-30-23(24)8-5-9-25(30)37-27(44)18-43-13-11-22(17-43)45-28-10-12-33-31(39-28)36-21-6-4-7-21/h5,8-10,12,14-16,21-22,34H,4,6-7,11,13,17-18H2,1-3H3,(H,37,44)(H,33,36,39)(H,35,38,40,41). The van der Waals surface area contributed by atoms with Gasteiger partial charge in [0.25, 0.3) is 0 Å². The number of ether oxygens (including phenoxy) is 1. The molecule has 4 aromatic heterocycles. The van der Waals surface area contributed by atoms with Gasteiger partial charge in [0.15, 0.2) is 5.82 Å². The van der Waals surface area contributed by atoms with E-state index in [-0.39, 0.29) is 18.6 Å². The van der Waals surface area contributed by atoms with E-state index in [0.29, 0.717) is 36.2 Å². The van der Waals surface area contributed by atoms with Gasteiger partial charge in [0, 0.05) is 73.5 Å². The molecule has 1 aromatic carbocycles. The summed E-state index contributed by atoms with van der Waals surface area (Å²) in [6, 6.07) is 10.1. The fourth-order valence-corrected chi connectivity index (χ4v) is 5.78. The second-order valence-corrected chi connectivity index (χ2v) is 11.9. The van der Waals surface area contributed by atoms with E-state index in [9.17, 15) is 4.79 Å². The van der Waals surface area contributed by atoms with E-state index < -0.39 is 0 Å². The first-order valence-electron chi connectivity index (χ1n) is 15.4. The van der Waals surface area contributed by atoms with Crippen molar-refractivity contribution in [3.63, 3.8) is 0 Å². The molecule has 0 radical (unpaired) electrons. The van der Waals surface area contributed by atoms with Crippen LogP contribution in [0.5, 0.6) is 5.88 Å². The van der Waals surface area contributed by atoms with Crippen LogP contribution in [0.4, 0.5) is 23.4 Å². The average Bonchev–Trinajstić information content (AvgIpc) is 3.71. The summed E-state index contributed by atoms with van der Waals surface area (Å²) in [5.41, 5.74) is 5.25. The number of hydrogen-bond donors (Lipinski definition) is 4. The third kappa shape index (κ3) is 6.29. The van der Waals surface area contributed by atoms with Crippen LogP contribution in [0.1, 0.15) is 36.9 Å². The van der Waals surface area contributed by atoms with Gasteiger partial charge in [-0.25, -0.2) is 15.0 Å².